The lowest BCUT2D eigenvalue weighted by molar-refractivity contribution is 0.0618. The third-order valence-corrected chi connectivity index (χ3v) is 5.58. The molecular weight excluding hydrogens is 366 g/mol. The third kappa shape index (κ3) is 4.01. The highest BCUT2D eigenvalue weighted by Crippen LogP contribution is 2.44. The second-order valence-electron chi connectivity index (χ2n) is 7.37. The van der Waals surface area contributed by atoms with E-state index >= 15 is 0 Å². The molecular formula is C23H25N3O3. The number of carbonyl (C=O) groups excluding carboxylic acids is 1. The molecule has 1 heterocycles. The molecule has 1 aliphatic carbocycles. The molecule has 6 nitrogen and oxygen atoms in total. The molecule has 1 aromatic heterocycles. The average Bonchev–Trinajstić information content (AvgIpc) is 3.27. The Morgan fingerprint density at radius 2 is 1.76 bits per heavy atom. The lowest BCUT2D eigenvalue weighted by Gasteiger charge is -2.38. The highest BCUT2D eigenvalue weighted by atomic mass is 16.6. The van der Waals surface area contributed by atoms with Crippen LogP contribution >= 0.6 is 0 Å². The van der Waals surface area contributed by atoms with Crippen molar-refractivity contribution in [3.63, 3.8) is 0 Å². The molecule has 4 rings (SSSR count). The molecule has 0 aliphatic heterocycles. The van der Waals surface area contributed by atoms with Crippen molar-refractivity contribution in [3.05, 3.63) is 72.1 Å². The maximum atomic E-state index is 11.8. The van der Waals surface area contributed by atoms with Gasteiger partial charge in [0.25, 0.3) is 5.89 Å². The van der Waals surface area contributed by atoms with Gasteiger partial charge in [-0.05, 0) is 50.3 Å². The summed E-state index contributed by atoms with van der Waals surface area (Å²) < 4.78 is 11.2. The first-order valence-electron chi connectivity index (χ1n) is 10.1. The fraction of sp³-hybridized carbons (Fsp3) is 0.348. The van der Waals surface area contributed by atoms with E-state index in [-0.39, 0.29) is 17.6 Å². The van der Waals surface area contributed by atoms with Gasteiger partial charge in [-0.1, -0.05) is 53.7 Å². The van der Waals surface area contributed by atoms with Gasteiger partial charge in [-0.25, -0.2) is 4.79 Å². The molecule has 1 amide bonds. The Morgan fingerprint density at radius 1 is 1.10 bits per heavy atom. The molecule has 1 N–H and O–H groups in total. The number of carbonyl (C=O) groups is 1. The fourth-order valence-electron chi connectivity index (χ4n) is 4.05. The van der Waals surface area contributed by atoms with Crippen molar-refractivity contribution in [3.8, 4) is 11.5 Å². The van der Waals surface area contributed by atoms with Crippen LogP contribution in [0.5, 0.6) is 0 Å². The zero-order valence-corrected chi connectivity index (χ0v) is 16.5. The maximum absolute atomic E-state index is 11.8. The van der Waals surface area contributed by atoms with Crippen LogP contribution in [-0.2, 0) is 10.2 Å². The SMILES string of the molecule is CCNC(=O)OC1CCC(c2ccccc2)(c2noc(-c3ccccc3)n2)CC1. The normalized spacial score (nSPS) is 21.5. The first kappa shape index (κ1) is 19.2. The number of hydrogen-bond donors (Lipinski definition) is 1. The van der Waals surface area contributed by atoms with Gasteiger partial charge in [0.05, 0.1) is 5.41 Å². The van der Waals surface area contributed by atoms with Gasteiger partial charge in [0.1, 0.15) is 6.10 Å². The summed E-state index contributed by atoms with van der Waals surface area (Å²) in [5, 5.41) is 7.07. The topological polar surface area (TPSA) is 77.2 Å². The van der Waals surface area contributed by atoms with Crippen LogP contribution in [0, 0.1) is 0 Å². The number of hydrogen-bond acceptors (Lipinski definition) is 5. The molecule has 29 heavy (non-hydrogen) atoms. The Labute approximate surface area is 170 Å². The number of nitrogens with one attached hydrogen (secondary N) is 1. The Bertz CT molecular complexity index is 932. The van der Waals surface area contributed by atoms with E-state index in [1.54, 1.807) is 0 Å². The number of aromatic nitrogens is 2. The zero-order chi connectivity index (χ0) is 20.1. The fourth-order valence-corrected chi connectivity index (χ4v) is 4.05. The van der Waals surface area contributed by atoms with E-state index in [4.69, 9.17) is 14.2 Å². The van der Waals surface area contributed by atoms with Gasteiger partial charge in [0.15, 0.2) is 5.82 Å². The van der Waals surface area contributed by atoms with E-state index in [9.17, 15) is 4.79 Å². The lowest BCUT2D eigenvalue weighted by Crippen LogP contribution is -2.38. The smallest absolute Gasteiger partial charge is 0.407 e. The number of nitrogens with zero attached hydrogens (tertiary/aromatic N) is 2. The van der Waals surface area contributed by atoms with Gasteiger partial charge >= 0.3 is 6.09 Å². The van der Waals surface area contributed by atoms with Crippen LogP contribution < -0.4 is 5.32 Å². The van der Waals surface area contributed by atoms with Crippen LogP contribution in [0.25, 0.3) is 11.5 Å². The maximum Gasteiger partial charge on any atom is 0.407 e. The summed E-state index contributed by atoms with van der Waals surface area (Å²) >= 11 is 0. The standard InChI is InChI=1S/C23H25N3O3/c1-2-24-22(27)28-19-13-15-23(16-14-19,18-11-7-4-8-12-18)21-25-20(29-26-21)17-9-5-3-6-10-17/h3-12,19H,2,13-16H2,1H3,(H,24,27). The third-order valence-electron chi connectivity index (χ3n) is 5.58. The number of ether oxygens (including phenoxy) is 1. The summed E-state index contributed by atoms with van der Waals surface area (Å²) in [6.07, 6.45) is 2.63. The van der Waals surface area contributed by atoms with Gasteiger partial charge in [-0.2, -0.15) is 4.98 Å². The first-order chi connectivity index (χ1) is 14.2. The van der Waals surface area contributed by atoms with E-state index in [0.29, 0.717) is 18.3 Å². The Morgan fingerprint density at radius 3 is 2.41 bits per heavy atom. The Balaban J connectivity index is 1.61. The number of benzene rings is 2. The van der Waals surface area contributed by atoms with Gasteiger partial charge in [-0.15, -0.1) is 0 Å². The summed E-state index contributed by atoms with van der Waals surface area (Å²) in [6, 6.07) is 20.1. The molecule has 1 aliphatic rings. The van der Waals surface area contributed by atoms with E-state index in [0.717, 1.165) is 36.8 Å². The minimum absolute atomic E-state index is 0.0983. The van der Waals surface area contributed by atoms with Crippen LogP contribution in [0.4, 0.5) is 4.79 Å². The molecule has 0 atom stereocenters. The van der Waals surface area contributed by atoms with Crippen LogP contribution in [0.1, 0.15) is 44.0 Å². The predicted octanol–water partition coefficient (Wildman–Crippen LogP) is 4.71. The van der Waals surface area contributed by atoms with Gasteiger partial charge in [-0.3, -0.25) is 0 Å². The van der Waals surface area contributed by atoms with Crippen molar-refractivity contribution < 1.29 is 14.1 Å². The van der Waals surface area contributed by atoms with E-state index in [2.05, 4.69) is 22.6 Å². The molecule has 150 valence electrons. The summed E-state index contributed by atoms with van der Waals surface area (Å²) in [5.74, 6) is 1.22. The first-order valence-corrected chi connectivity index (χ1v) is 10.1. The lowest BCUT2D eigenvalue weighted by atomic mass is 9.68. The summed E-state index contributed by atoms with van der Waals surface area (Å²) in [4.78, 5) is 16.6. The Kier molecular flexibility index (Phi) is 5.60. The van der Waals surface area contributed by atoms with Crippen LogP contribution in [0.2, 0.25) is 0 Å². The van der Waals surface area contributed by atoms with Crippen molar-refractivity contribution in [1.29, 1.82) is 0 Å². The van der Waals surface area contributed by atoms with Crippen molar-refractivity contribution >= 4 is 6.09 Å². The van der Waals surface area contributed by atoms with Crippen molar-refractivity contribution in [2.45, 2.75) is 44.1 Å². The molecule has 1 fully saturated rings. The molecule has 0 unspecified atom stereocenters. The minimum Gasteiger partial charge on any atom is -0.446 e. The number of amides is 1. The van der Waals surface area contributed by atoms with Crippen LogP contribution in [-0.4, -0.2) is 28.9 Å². The largest absolute Gasteiger partial charge is 0.446 e. The van der Waals surface area contributed by atoms with Crippen LogP contribution in [0.3, 0.4) is 0 Å². The van der Waals surface area contributed by atoms with Crippen molar-refractivity contribution in [2.24, 2.45) is 0 Å². The molecule has 0 spiro atoms. The summed E-state index contributed by atoms with van der Waals surface area (Å²) in [6.45, 7) is 2.44. The van der Waals surface area contributed by atoms with E-state index < -0.39 is 0 Å². The zero-order valence-electron chi connectivity index (χ0n) is 16.5. The van der Waals surface area contributed by atoms with Crippen LogP contribution in [0.15, 0.2) is 65.2 Å². The number of rotatable bonds is 5. The van der Waals surface area contributed by atoms with Crippen molar-refractivity contribution in [1.82, 2.24) is 15.5 Å². The highest BCUT2D eigenvalue weighted by molar-refractivity contribution is 5.67. The van der Waals surface area contributed by atoms with Gasteiger partial charge < -0.3 is 14.6 Å². The van der Waals surface area contributed by atoms with Crippen molar-refractivity contribution in [2.75, 3.05) is 6.54 Å². The molecule has 0 radical (unpaired) electrons. The minimum atomic E-state index is -0.351. The summed E-state index contributed by atoms with van der Waals surface area (Å²) in [7, 11) is 0. The van der Waals surface area contributed by atoms with E-state index in [1.807, 2.05) is 55.5 Å². The van der Waals surface area contributed by atoms with Gasteiger partial charge in [0, 0.05) is 12.1 Å². The summed E-state index contributed by atoms with van der Waals surface area (Å²) in [5.41, 5.74) is 1.72. The molecule has 6 heteroatoms. The Hall–Kier alpha value is -3.15. The molecule has 3 aromatic rings. The molecule has 1 saturated carbocycles. The van der Waals surface area contributed by atoms with E-state index in [1.165, 1.54) is 0 Å². The monoisotopic (exact) mass is 391 g/mol. The van der Waals surface area contributed by atoms with Gasteiger partial charge in [0.2, 0.25) is 0 Å². The highest BCUT2D eigenvalue weighted by Gasteiger charge is 2.43. The second kappa shape index (κ2) is 8.47. The molecule has 0 saturated heterocycles. The quantitative estimate of drug-likeness (QED) is 0.681. The second-order valence-corrected chi connectivity index (χ2v) is 7.37. The molecule has 0 bridgehead atoms. The molecule has 2 aromatic carbocycles. The predicted molar refractivity (Wildman–Crippen MR) is 109 cm³/mol. The average molecular weight is 391 g/mol. The number of alkyl carbamates (subject to hydrolysis) is 1.